The van der Waals surface area contributed by atoms with Crippen molar-refractivity contribution in [1.29, 1.82) is 0 Å². The Bertz CT molecular complexity index is 2000. The zero-order chi connectivity index (χ0) is 36.3. The number of rotatable bonds is 8. The molecule has 1 heterocycles. The number of nitrogens with two attached hydrogens (primary N) is 1. The fourth-order valence-corrected chi connectivity index (χ4v) is 7.61. The molecule has 3 aliphatic rings. The molecule has 266 valence electrons. The van der Waals surface area contributed by atoms with Crippen molar-refractivity contribution >= 4 is 27.3 Å². The van der Waals surface area contributed by atoms with Gasteiger partial charge >= 0.3 is 0 Å². The van der Waals surface area contributed by atoms with Gasteiger partial charge < -0.3 is 45.5 Å². The van der Waals surface area contributed by atoms with Crippen molar-refractivity contribution in [3.8, 4) is 17.2 Å². The van der Waals surface area contributed by atoms with Crippen LogP contribution in [0.2, 0.25) is 0 Å². The molecule has 50 heavy (non-hydrogen) atoms. The lowest BCUT2D eigenvalue weighted by Gasteiger charge is -2.43. The van der Waals surface area contributed by atoms with Crippen LogP contribution in [0.5, 0.6) is 17.2 Å². The first-order valence-corrected chi connectivity index (χ1v) is 17.2. The van der Waals surface area contributed by atoms with E-state index in [1.807, 2.05) is 4.83 Å². The molecule has 3 aromatic rings. The summed E-state index contributed by atoms with van der Waals surface area (Å²) in [5, 5.41) is 60.2. The van der Waals surface area contributed by atoms with Crippen LogP contribution < -0.4 is 15.3 Å². The van der Waals surface area contributed by atoms with E-state index in [0.717, 1.165) is 5.56 Å². The zero-order valence-electron chi connectivity index (χ0n) is 27.3. The fraction of sp³-hybridized carbons (Fsp3) is 0.382. The fourth-order valence-electron chi connectivity index (χ4n) is 6.78. The van der Waals surface area contributed by atoms with Crippen molar-refractivity contribution in [3.63, 3.8) is 0 Å². The van der Waals surface area contributed by atoms with Crippen molar-refractivity contribution in [2.45, 2.75) is 74.3 Å². The summed E-state index contributed by atoms with van der Waals surface area (Å²) < 4.78 is 43.4. The van der Waals surface area contributed by atoms with E-state index < -0.39 is 106 Å². The SMILES string of the molecule is COc1cccc2c1C(=O)c1c(O)c3c(c(O)c1C2=O)C[C@@](O)(/C(CO)=N/NS(=O)(=O)c1ccc(C)cc1)C[C@@H]3O[C@H]1C[C@H](N)[C@H](O)[C@H](C)O1. The molecule has 0 saturated carbocycles. The second kappa shape index (κ2) is 13.0. The Morgan fingerprint density at radius 1 is 1.08 bits per heavy atom. The number of sulfonamides is 1. The van der Waals surface area contributed by atoms with Crippen LogP contribution in [0, 0.1) is 6.92 Å². The summed E-state index contributed by atoms with van der Waals surface area (Å²) in [7, 11) is -2.96. The van der Waals surface area contributed by atoms with E-state index in [1.165, 1.54) is 37.4 Å². The van der Waals surface area contributed by atoms with Gasteiger partial charge in [-0.2, -0.15) is 18.4 Å². The minimum Gasteiger partial charge on any atom is -0.507 e. The summed E-state index contributed by atoms with van der Waals surface area (Å²) >= 11 is 0. The highest BCUT2D eigenvalue weighted by molar-refractivity contribution is 7.89. The highest BCUT2D eigenvalue weighted by Gasteiger charge is 2.49. The highest BCUT2D eigenvalue weighted by atomic mass is 32.2. The number of phenolic OH excluding ortho intramolecular Hbond substituents is 2. The van der Waals surface area contributed by atoms with Gasteiger partial charge in [-0.25, -0.2) is 0 Å². The number of aryl methyl sites for hydroxylation is 1. The van der Waals surface area contributed by atoms with Gasteiger partial charge in [0.05, 0.1) is 59.3 Å². The lowest BCUT2D eigenvalue weighted by molar-refractivity contribution is -0.245. The lowest BCUT2D eigenvalue weighted by atomic mass is 9.71. The monoisotopic (exact) mass is 711 g/mol. The molecule has 1 saturated heterocycles. The van der Waals surface area contributed by atoms with E-state index in [1.54, 1.807) is 26.0 Å². The summed E-state index contributed by atoms with van der Waals surface area (Å²) in [6.45, 7) is 2.38. The van der Waals surface area contributed by atoms with Gasteiger partial charge in [0.2, 0.25) is 5.78 Å². The van der Waals surface area contributed by atoms with Gasteiger partial charge in [-0.05, 0) is 32.0 Å². The average Bonchev–Trinajstić information content (AvgIpc) is 3.07. The van der Waals surface area contributed by atoms with Gasteiger partial charge in [0.25, 0.3) is 10.0 Å². The number of carbonyl (C=O) groups is 2. The number of nitrogens with zero attached hydrogens (tertiary/aromatic N) is 1. The van der Waals surface area contributed by atoms with Crippen molar-refractivity contribution in [2.75, 3.05) is 13.7 Å². The van der Waals surface area contributed by atoms with Gasteiger partial charge in [-0.1, -0.05) is 29.8 Å². The molecule has 0 bridgehead atoms. The molecule has 0 radical (unpaired) electrons. The third-order valence-electron chi connectivity index (χ3n) is 9.46. The second-order valence-electron chi connectivity index (χ2n) is 12.7. The molecular weight excluding hydrogens is 674 g/mol. The zero-order valence-corrected chi connectivity index (χ0v) is 28.1. The first kappa shape index (κ1) is 35.4. The molecule has 0 unspecified atom stereocenters. The Kier molecular flexibility index (Phi) is 9.23. The minimum atomic E-state index is -4.27. The van der Waals surface area contributed by atoms with Crippen LogP contribution >= 0.6 is 0 Å². The number of hydrazone groups is 1. The summed E-state index contributed by atoms with van der Waals surface area (Å²) in [5.74, 6) is -2.99. The Hall–Kier alpha value is -4.42. The maximum Gasteiger partial charge on any atom is 0.276 e. The van der Waals surface area contributed by atoms with Crippen LogP contribution in [-0.4, -0.2) is 95.1 Å². The number of carbonyl (C=O) groups excluding carboxylic acids is 2. The molecule has 6 rings (SSSR count). The van der Waals surface area contributed by atoms with E-state index in [0.29, 0.717) is 0 Å². The highest BCUT2D eigenvalue weighted by Crippen LogP contribution is 2.52. The summed E-state index contributed by atoms with van der Waals surface area (Å²) in [5.41, 5.74) is 2.57. The largest absolute Gasteiger partial charge is 0.507 e. The predicted molar refractivity (Wildman–Crippen MR) is 176 cm³/mol. The first-order valence-electron chi connectivity index (χ1n) is 15.7. The molecule has 1 aliphatic heterocycles. The van der Waals surface area contributed by atoms with Crippen molar-refractivity contribution in [3.05, 3.63) is 81.4 Å². The molecule has 0 spiro atoms. The third kappa shape index (κ3) is 5.91. The van der Waals surface area contributed by atoms with Gasteiger partial charge in [0.1, 0.15) is 22.8 Å². The Morgan fingerprint density at radius 3 is 2.40 bits per heavy atom. The number of phenols is 2. The van der Waals surface area contributed by atoms with Crippen molar-refractivity contribution < 1.29 is 57.8 Å². The molecule has 3 aromatic carbocycles. The summed E-state index contributed by atoms with van der Waals surface area (Å²) in [6, 6.07) is 9.40. The van der Waals surface area contributed by atoms with Gasteiger partial charge in [-0.15, -0.1) is 0 Å². The molecule has 6 atom stereocenters. The van der Waals surface area contributed by atoms with Crippen LogP contribution in [0.25, 0.3) is 0 Å². The molecule has 16 heteroatoms. The van der Waals surface area contributed by atoms with Gasteiger partial charge in [0, 0.05) is 42.0 Å². The van der Waals surface area contributed by atoms with Gasteiger partial charge in [0.15, 0.2) is 12.1 Å². The number of methoxy groups -OCH3 is 1. The predicted octanol–water partition coefficient (Wildman–Crippen LogP) is 1.08. The van der Waals surface area contributed by atoms with E-state index in [4.69, 9.17) is 19.9 Å². The molecule has 8 N–H and O–H groups in total. The summed E-state index contributed by atoms with van der Waals surface area (Å²) in [6.07, 6.45) is -5.51. The number of aliphatic hydroxyl groups is 3. The number of benzene rings is 3. The number of aromatic hydroxyl groups is 2. The van der Waals surface area contributed by atoms with Crippen LogP contribution in [0.15, 0.2) is 52.5 Å². The third-order valence-corrected chi connectivity index (χ3v) is 10.7. The number of hydrogen-bond donors (Lipinski definition) is 7. The number of fused-ring (bicyclic) bond motifs is 3. The van der Waals surface area contributed by atoms with E-state index in [-0.39, 0.29) is 39.3 Å². The smallest absolute Gasteiger partial charge is 0.276 e. The number of nitrogens with one attached hydrogen (secondary N) is 1. The minimum absolute atomic E-state index is 0.0350. The molecule has 1 fully saturated rings. The van der Waals surface area contributed by atoms with E-state index in [9.17, 15) is 43.5 Å². The number of ketones is 2. The summed E-state index contributed by atoms with van der Waals surface area (Å²) in [4.78, 5) is 29.6. The maximum atomic E-state index is 13.9. The molecule has 0 amide bonds. The molecular formula is C34H37N3O12S. The van der Waals surface area contributed by atoms with Gasteiger partial charge in [-0.3, -0.25) is 9.59 Å². The maximum absolute atomic E-state index is 13.9. The molecule has 0 aromatic heterocycles. The van der Waals surface area contributed by atoms with Crippen LogP contribution in [0.1, 0.15) is 74.4 Å². The van der Waals surface area contributed by atoms with Crippen LogP contribution in [-0.2, 0) is 25.9 Å². The van der Waals surface area contributed by atoms with Crippen LogP contribution in [0.4, 0.5) is 0 Å². The quantitative estimate of drug-likeness (QED) is 0.0769. The van der Waals surface area contributed by atoms with Crippen molar-refractivity contribution in [2.24, 2.45) is 10.8 Å². The first-order chi connectivity index (χ1) is 23.6. The van der Waals surface area contributed by atoms with E-state index >= 15 is 0 Å². The number of ether oxygens (including phenoxy) is 3. The van der Waals surface area contributed by atoms with Crippen molar-refractivity contribution in [1.82, 2.24) is 4.83 Å². The van der Waals surface area contributed by atoms with Crippen LogP contribution in [0.3, 0.4) is 0 Å². The Morgan fingerprint density at radius 2 is 1.76 bits per heavy atom. The standard InChI is InChI=1S/C34H37N3O12S/c1-15-7-9-17(10-8-15)50(45,46)37-36-23(14-38)34(44)12-19-26(22(13-34)49-24-11-20(35)29(39)16(2)48-24)33(43)28-27(31(19)41)30(40)18-5-4-6-21(47-3)25(18)32(28)42/h4-10,16,20,22,24,29,37-39,41,43-44H,11-14,35H2,1-3H3/b36-23+/t16-,20-,22-,24-,29+,34-/m0/s1. The normalized spacial score (nSPS) is 26.5. The lowest BCUT2D eigenvalue weighted by Crippen LogP contribution is -2.53. The number of hydrogen-bond acceptors (Lipinski definition) is 14. The molecule has 15 nitrogen and oxygen atoms in total. The molecule has 2 aliphatic carbocycles. The number of aliphatic hydroxyl groups excluding tert-OH is 2. The van der Waals surface area contributed by atoms with E-state index in [2.05, 4.69) is 5.10 Å². The topological polar surface area (TPSA) is 248 Å². The second-order valence-corrected chi connectivity index (χ2v) is 14.4. The Balaban J connectivity index is 1.48. The Labute approximate surface area is 287 Å². The average molecular weight is 712 g/mol.